The van der Waals surface area contributed by atoms with Gasteiger partial charge in [-0.15, -0.1) is 0 Å². The van der Waals surface area contributed by atoms with Crippen LogP contribution in [0.25, 0.3) is 0 Å². The largest absolute Gasteiger partial charge is 0.359 e. The summed E-state index contributed by atoms with van der Waals surface area (Å²) in [6.07, 6.45) is 0.463. The highest BCUT2D eigenvalue weighted by atomic mass is 35.5. The van der Waals surface area contributed by atoms with Crippen LogP contribution in [-0.4, -0.2) is 29.3 Å². The fraction of sp³-hybridized carbons (Fsp3) is 0.600. The van der Waals surface area contributed by atoms with E-state index in [2.05, 4.69) is 15.7 Å². The standard InChI is InChI=1S/C10H17ClN4O/c1-7-10(11)8(15(3)14-7)6-13-5-4-9(16)12-2/h13H,4-6H2,1-3H3,(H,12,16). The number of nitrogens with one attached hydrogen (secondary N) is 2. The molecular formula is C10H17ClN4O. The monoisotopic (exact) mass is 244 g/mol. The number of aromatic nitrogens is 2. The second kappa shape index (κ2) is 5.86. The van der Waals surface area contributed by atoms with E-state index >= 15 is 0 Å². The van der Waals surface area contributed by atoms with Gasteiger partial charge in [0.1, 0.15) is 0 Å². The summed E-state index contributed by atoms with van der Waals surface area (Å²) in [5.41, 5.74) is 1.77. The number of hydrogen-bond acceptors (Lipinski definition) is 3. The minimum absolute atomic E-state index is 0.0276. The van der Waals surface area contributed by atoms with E-state index in [4.69, 9.17) is 11.6 Å². The zero-order valence-electron chi connectivity index (χ0n) is 9.80. The Labute approximate surface area is 100 Å². The van der Waals surface area contributed by atoms with E-state index in [1.165, 1.54) is 0 Å². The molecule has 0 aliphatic heterocycles. The van der Waals surface area contributed by atoms with Crippen LogP contribution in [-0.2, 0) is 18.4 Å². The van der Waals surface area contributed by atoms with Gasteiger partial charge in [0.25, 0.3) is 0 Å². The SMILES string of the molecule is CNC(=O)CCNCc1c(Cl)c(C)nn1C. The summed E-state index contributed by atoms with van der Waals surface area (Å²) in [5.74, 6) is 0.0276. The Bertz CT molecular complexity index is 375. The van der Waals surface area contributed by atoms with Gasteiger partial charge in [0.15, 0.2) is 0 Å². The Hall–Kier alpha value is -1.07. The summed E-state index contributed by atoms with van der Waals surface area (Å²) in [6, 6.07) is 0. The van der Waals surface area contributed by atoms with Gasteiger partial charge in [-0.2, -0.15) is 5.10 Å². The van der Waals surface area contributed by atoms with Crippen molar-refractivity contribution >= 4 is 17.5 Å². The van der Waals surface area contributed by atoms with E-state index in [0.29, 0.717) is 24.5 Å². The molecule has 0 aliphatic carbocycles. The number of halogens is 1. The molecule has 2 N–H and O–H groups in total. The maximum Gasteiger partial charge on any atom is 0.221 e. The van der Waals surface area contributed by atoms with Gasteiger partial charge in [-0.05, 0) is 6.92 Å². The fourth-order valence-electron chi connectivity index (χ4n) is 1.41. The molecule has 90 valence electrons. The van der Waals surface area contributed by atoms with Gasteiger partial charge in [0.2, 0.25) is 5.91 Å². The van der Waals surface area contributed by atoms with Crippen molar-refractivity contribution in [2.24, 2.45) is 7.05 Å². The molecule has 0 saturated carbocycles. The second-order valence-corrected chi connectivity index (χ2v) is 3.95. The molecule has 1 amide bonds. The van der Waals surface area contributed by atoms with Crippen LogP contribution in [0.2, 0.25) is 5.02 Å². The third-order valence-electron chi connectivity index (χ3n) is 2.36. The zero-order valence-corrected chi connectivity index (χ0v) is 10.6. The van der Waals surface area contributed by atoms with E-state index in [0.717, 1.165) is 11.4 Å². The van der Waals surface area contributed by atoms with E-state index in [1.807, 2.05) is 14.0 Å². The Kier molecular flexibility index (Phi) is 4.76. The Morgan fingerprint density at radius 3 is 2.75 bits per heavy atom. The number of carbonyl (C=O) groups excluding carboxylic acids is 1. The topological polar surface area (TPSA) is 59.0 Å². The predicted octanol–water partition coefficient (Wildman–Crippen LogP) is 0.608. The van der Waals surface area contributed by atoms with Crippen molar-refractivity contribution < 1.29 is 4.79 Å². The van der Waals surface area contributed by atoms with Gasteiger partial charge in [-0.25, -0.2) is 0 Å². The molecule has 0 saturated heterocycles. The summed E-state index contributed by atoms with van der Waals surface area (Å²) >= 11 is 6.08. The third kappa shape index (κ3) is 3.21. The molecule has 1 aromatic heterocycles. The molecule has 0 fully saturated rings. The molecule has 6 heteroatoms. The number of aryl methyl sites for hydroxylation is 2. The average Bonchev–Trinajstić information content (AvgIpc) is 2.49. The highest BCUT2D eigenvalue weighted by Crippen LogP contribution is 2.18. The van der Waals surface area contributed by atoms with Crippen molar-refractivity contribution in [3.63, 3.8) is 0 Å². The van der Waals surface area contributed by atoms with Crippen LogP contribution in [0.1, 0.15) is 17.8 Å². The highest BCUT2D eigenvalue weighted by molar-refractivity contribution is 6.31. The highest BCUT2D eigenvalue weighted by Gasteiger charge is 2.10. The fourth-order valence-corrected chi connectivity index (χ4v) is 1.63. The Balaban J connectivity index is 2.40. The maximum absolute atomic E-state index is 11.0. The van der Waals surface area contributed by atoms with Crippen LogP contribution >= 0.6 is 11.6 Å². The van der Waals surface area contributed by atoms with Gasteiger partial charge in [-0.1, -0.05) is 11.6 Å². The zero-order chi connectivity index (χ0) is 12.1. The Morgan fingerprint density at radius 1 is 1.56 bits per heavy atom. The second-order valence-electron chi connectivity index (χ2n) is 3.57. The van der Waals surface area contributed by atoms with Crippen molar-refractivity contribution in [2.45, 2.75) is 19.9 Å². The summed E-state index contributed by atoms with van der Waals surface area (Å²) < 4.78 is 1.75. The molecule has 0 unspecified atom stereocenters. The first kappa shape index (κ1) is 13.0. The maximum atomic E-state index is 11.0. The molecule has 5 nitrogen and oxygen atoms in total. The van der Waals surface area contributed by atoms with E-state index in [1.54, 1.807) is 11.7 Å². The van der Waals surface area contributed by atoms with Crippen molar-refractivity contribution in [3.05, 3.63) is 16.4 Å². The first-order valence-electron chi connectivity index (χ1n) is 5.15. The lowest BCUT2D eigenvalue weighted by Gasteiger charge is -2.05. The van der Waals surface area contributed by atoms with Crippen molar-refractivity contribution in [3.8, 4) is 0 Å². The lowest BCUT2D eigenvalue weighted by molar-refractivity contribution is -0.120. The lowest BCUT2D eigenvalue weighted by atomic mass is 10.3. The number of carbonyl (C=O) groups is 1. The number of rotatable bonds is 5. The third-order valence-corrected chi connectivity index (χ3v) is 2.85. The van der Waals surface area contributed by atoms with Crippen LogP contribution in [0.3, 0.4) is 0 Å². The first-order valence-corrected chi connectivity index (χ1v) is 5.53. The minimum Gasteiger partial charge on any atom is -0.359 e. The van der Waals surface area contributed by atoms with Crippen LogP contribution in [0.4, 0.5) is 0 Å². The van der Waals surface area contributed by atoms with Gasteiger partial charge < -0.3 is 10.6 Å². The van der Waals surface area contributed by atoms with Crippen molar-refractivity contribution in [1.29, 1.82) is 0 Å². The van der Waals surface area contributed by atoms with Gasteiger partial charge in [-0.3, -0.25) is 9.48 Å². The van der Waals surface area contributed by atoms with Crippen LogP contribution in [0.15, 0.2) is 0 Å². The summed E-state index contributed by atoms with van der Waals surface area (Å²) in [4.78, 5) is 11.0. The van der Waals surface area contributed by atoms with Crippen molar-refractivity contribution in [2.75, 3.05) is 13.6 Å². The molecule has 1 heterocycles. The quantitative estimate of drug-likeness (QED) is 0.746. The van der Waals surface area contributed by atoms with Gasteiger partial charge >= 0.3 is 0 Å². The summed E-state index contributed by atoms with van der Waals surface area (Å²) in [7, 11) is 3.48. The average molecular weight is 245 g/mol. The van der Waals surface area contributed by atoms with E-state index in [9.17, 15) is 4.79 Å². The minimum atomic E-state index is 0.0276. The lowest BCUT2D eigenvalue weighted by Crippen LogP contribution is -2.25. The van der Waals surface area contributed by atoms with Gasteiger partial charge in [0.05, 0.1) is 16.4 Å². The molecule has 0 aromatic carbocycles. The Morgan fingerprint density at radius 2 is 2.25 bits per heavy atom. The molecule has 16 heavy (non-hydrogen) atoms. The van der Waals surface area contributed by atoms with Gasteiger partial charge in [0, 0.05) is 33.6 Å². The molecule has 0 aliphatic rings. The molecule has 0 bridgehead atoms. The molecule has 1 aromatic rings. The number of amides is 1. The normalized spacial score (nSPS) is 10.5. The number of nitrogens with zero attached hydrogens (tertiary/aromatic N) is 2. The molecule has 0 spiro atoms. The summed E-state index contributed by atoms with van der Waals surface area (Å²) in [5, 5.41) is 10.6. The smallest absolute Gasteiger partial charge is 0.221 e. The molecule has 0 radical (unpaired) electrons. The molecular weight excluding hydrogens is 228 g/mol. The summed E-state index contributed by atoms with van der Waals surface area (Å²) in [6.45, 7) is 3.11. The van der Waals surface area contributed by atoms with Crippen molar-refractivity contribution in [1.82, 2.24) is 20.4 Å². The van der Waals surface area contributed by atoms with Crippen LogP contribution < -0.4 is 10.6 Å². The molecule has 0 atom stereocenters. The predicted molar refractivity (Wildman–Crippen MR) is 63.3 cm³/mol. The van der Waals surface area contributed by atoms with Crippen LogP contribution in [0, 0.1) is 6.92 Å². The number of hydrogen-bond donors (Lipinski definition) is 2. The van der Waals surface area contributed by atoms with Crippen LogP contribution in [0.5, 0.6) is 0 Å². The molecule has 1 rings (SSSR count). The first-order chi connectivity index (χ1) is 7.56. The van der Waals surface area contributed by atoms with E-state index < -0.39 is 0 Å². The van der Waals surface area contributed by atoms with E-state index in [-0.39, 0.29) is 5.91 Å².